The number of ether oxygens (including phenoxy) is 2. The predicted molar refractivity (Wildman–Crippen MR) is 103 cm³/mol. The average Bonchev–Trinajstić information content (AvgIpc) is 2.98. The van der Waals surface area contributed by atoms with Crippen molar-refractivity contribution >= 4 is 17.2 Å². The molecule has 0 fully saturated rings. The summed E-state index contributed by atoms with van der Waals surface area (Å²) in [4.78, 5) is 14.3. The van der Waals surface area contributed by atoms with Crippen LogP contribution in [0.15, 0.2) is 24.3 Å². The van der Waals surface area contributed by atoms with Gasteiger partial charge in [-0.25, -0.2) is 0 Å². The molecule has 5 heteroatoms. The molecule has 0 aliphatic heterocycles. The van der Waals surface area contributed by atoms with Crippen molar-refractivity contribution in [3.05, 3.63) is 45.1 Å². The number of aryl methyl sites for hydroxylation is 2. The Morgan fingerprint density at radius 1 is 1.08 bits per heavy atom. The summed E-state index contributed by atoms with van der Waals surface area (Å²) in [5, 5.41) is 3.00. The summed E-state index contributed by atoms with van der Waals surface area (Å²) in [7, 11) is 0. The van der Waals surface area contributed by atoms with Gasteiger partial charge in [-0.15, -0.1) is 11.3 Å². The van der Waals surface area contributed by atoms with Crippen LogP contribution < -0.4 is 14.8 Å². The number of amides is 1. The molecule has 2 aromatic rings. The summed E-state index contributed by atoms with van der Waals surface area (Å²) >= 11 is 1.56. The Morgan fingerprint density at radius 2 is 1.80 bits per heavy atom. The molecule has 4 nitrogen and oxygen atoms in total. The Morgan fingerprint density at radius 3 is 2.44 bits per heavy atom. The molecule has 1 aromatic heterocycles. The van der Waals surface area contributed by atoms with E-state index in [2.05, 4.69) is 19.2 Å². The van der Waals surface area contributed by atoms with Crippen molar-refractivity contribution in [2.24, 2.45) is 0 Å². The molecule has 0 saturated carbocycles. The van der Waals surface area contributed by atoms with Crippen molar-refractivity contribution in [1.29, 1.82) is 0 Å². The largest absolute Gasteiger partial charge is 0.490 e. The number of hydrogen-bond donors (Lipinski definition) is 1. The van der Waals surface area contributed by atoms with Gasteiger partial charge >= 0.3 is 0 Å². The van der Waals surface area contributed by atoms with Crippen molar-refractivity contribution in [2.75, 3.05) is 19.8 Å². The van der Waals surface area contributed by atoms with Crippen LogP contribution in [0.3, 0.4) is 0 Å². The van der Waals surface area contributed by atoms with Crippen molar-refractivity contribution in [3.8, 4) is 11.5 Å². The third kappa shape index (κ3) is 5.23. The standard InChI is InChI=1S/C20H27NO3S/c1-5-16-13-19(25-14(16)4)20(22)21-11-10-15-8-9-17(23-6-2)18(12-15)24-7-3/h8-9,12-13H,5-7,10-11H2,1-4H3,(H,21,22). The number of thiophene rings is 1. The maximum absolute atomic E-state index is 12.3. The van der Waals surface area contributed by atoms with E-state index in [1.807, 2.05) is 38.1 Å². The highest BCUT2D eigenvalue weighted by Gasteiger charge is 2.11. The van der Waals surface area contributed by atoms with E-state index in [0.717, 1.165) is 34.8 Å². The molecule has 1 N–H and O–H groups in total. The molecule has 0 radical (unpaired) electrons. The molecule has 0 unspecified atom stereocenters. The van der Waals surface area contributed by atoms with Gasteiger partial charge in [-0.3, -0.25) is 4.79 Å². The molecular formula is C20H27NO3S. The molecule has 0 spiro atoms. The van der Waals surface area contributed by atoms with E-state index < -0.39 is 0 Å². The maximum Gasteiger partial charge on any atom is 0.261 e. The van der Waals surface area contributed by atoms with E-state index in [4.69, 9.17) is 9.47 Å². The molecule has 136 valence electrons. The van der Waals surface area contributed by atoms with Crippen LogP contribution in [0.25, 0.3) is 0 Å². The Balaban J connectivity index is 1.94. The van der Waals surface area contributed by atoms with Crippen LogP contribution in [-0.4, -0.2) is 25.7 Å². The van der Waals surface area contributed by atoms with Crippen LogP contribution in [0.4, 0.5) is 0 Å². The first-order valence-corrected chi connectivity index (χ1v) is 9.66. The van der Waals surface area contributed by atoms with Gasteiger partial charge in [0.05, 0.1) is 18.1 Å². The zero-order chi connectivity index (χ0) is 18.2. The minimum atomic E-state index is 0.00349. The summed E-state index contributed by atoms with van der Waals surface area (Å²) in [5.41, 5.74) is 2.37. The second-order valence-corrected chi connectivity index (χ2v) is 6.95. The third-order valence-electron chi connectivity index (χ3n) is 3.93. The van der Waals surface area contributed by atoms with E-state index in [1.165, 1.54) is 10.4 Å². The highest BCUT2D eigenvalue weighted by molar-refractivity contribution is 7.14. The highest BCUT2D eigenvalue weighted by Crippen LogP contribution is 2.28. The van der Waals surface area contributed by atoms with E-state index in [1.54, 1.807) is 11.3 Å². The molecule has 25 heavy (non-hydrogen) atoms. The lowest BCUT2D eigenvalue weighted by Gasteiger charge is -2.12. The van der Waals surface area contributed by atoms with Gasteiger partial charge in [0.15, 0.2) is 11.5 Å². The average molecular weight is 362 g/mol. The molecule has 1 amide bonds. The van der Waals surface area contributed by atoms with Crippen LogP contribution in [0.1, 0.15) is 46.4 Å². The van der Waals surface area contributed by atoms with E-state index >= 15 is 0 Å². The molecule has 2 rings (SSSR count). The number of carbonyl (C=O) groups is 1. The lowest BCUT2D eigenvalue weighted by Crippen LogP contribution is -2.24. The molecule has 0 saturated heterocycles. The minimum Gasteiger partial charge on any atom is -0.490 e. The third-order valence-corrected chi connectivity index (χ3v) is 5.02. The Hall–Kier alpha value is -2.01. The van der Waals surface area contributed by atoms with Crippen LogP contribution >= 0.6 is 11.3 Å². The molecule has 0 aliphatic rings. The van der Waals surface area contributed by atoms with Crippen LogP contribution in [0.5, 0.6) is 11.5 Å². The summed E-state index contributed by atoms with van der Waals surface area (Å²) in [6.45, 7) is 9.88. The second-order valence-electron chi connectivity index (χ2n) is 5.70. The van der Waals surface area contributed by atoms with Crippen LogP contribution in [-0.2, 0) is 12.8 Å². The van der Waals surface area contributed by atoms with E-state index in [-0.39, 0.29) is 5.91 Å². The fourth-order valence-corrected chi connectivity index (χ4v) is 3.67. The molecule has 0 aliphatic carbocycles. The topological polar surface area (TPSA) is 47.6 Å². The lowest BCUT2D eigenvalue weighted by atomic mass is 10.1. The fourth-order valence-electron chi connectivity index (χ4n) is 2.64. The quantitative estimate of drug-likeness (QED) is 0.721. The van der Waals surface area contributed by atoms with Gasteiger partial charge < -0.3 is 14.8 Å². The lowest BCUT2D eigenvalue weighted by molar-refractivity contribution is 0.0958. The molecular weight excluding hydrogens is 334 g/mol. The zero-order valence-electron chi connectivity index (χ0n) is 15.5. The van der Waals surface area contributed by atoms with Crippen molar-refractivity contribution in [3.63, 3.8) is 0 Å². The van der Waals surface area contributed by atoms with Crippen molar-refractivity contribution in [2.45, 2.75) is 40.5 Å². The Kier molecular flexibility index (Phi) is 7.31. The van der Waals surface area contributed by atoms with Gasteiger partial charge in [0.25, 0.3) is 5.91 Å². The Bertz CT molecular complexity index is 709. The van der Waals surface area contributed by atoms with E-state index in [0.29, 0.717) is 19.8 Å². The summed E-state index contributed by atoms with van der Waals surface area (Å²) in [5.74, 6) is 1.52. The van der Waals surface area contributed by atoms with Gasteiger partial charge in [0, 0.05) is 11.4 Å². The fraction of sp³-hybridized carbons (Fsp3) is 0.450. The van der Waals surface area contributed by atoms with Gasteiger partial charge in [-0.1, -0.05) is 13.0 Å². The molecule has 1 heterocycles. The highest BCUT2D eigenvalue weighted by atomic mass is 32.1. The van der Waals surface area contributed by atoms with Gasteiger partial charge in [-0.2, -0.15) is 0 Å². The van der Waals surface area contributed by atoms with Gasteiger partial charge in [0.1, 0.15) is 0 Å². The molecule has 1 aromatic carbocycles. The first-order chi connectivity index (χ1) is 12.1. The second kappa shape index (κ2) is 9.47. The predicted octanol–water partition coefficient (Wildman–Crippen LogP) is 4.39. The van der Waals surface area contributed by atoms with Crippen LogP contribution in [0.2, 0.25) is 0 Å². The number of nitrogens with one attached hydrogen (secondary N) is 1. The van der Waals surface area contributed by atoms with Crippen molar-refractivity contribution < 1.29 is 14.3 Å². The molecule has 0 atom stereocenters. The van der Waals surface area contributed by atoms with Crippen molar-refractivity contribution in [1.82, 2.24) is 5.32 Å². The van der Waals surface area contributed by atoms with Gasteiger partial charge in [-0.05, 0) is 62.9 Å². The minimum absolute atomic E-state index is 0.00349. The first-order valence-electron chi connectivity index (χ1n) is 8.85. The summed E-state index contributed by atoms with van der Waals surface area (Å²) in [6, 6.07) is 7.94. The maximum atomic E-state index is 12.3. The number of carbonyl (C=O) groups excluding carboxylic acids is 1. The van der Waals surface area contributed by atoms with E-state index in [9.17, 15) is 4.79 Å². The summed E-state index contributed by atoms with van der Waals surface area (Å²) < 4.78 is 11.2. The monoisotopic (exact) mass is 361 g/mol. The number of hydrogen-bond acceptors (Lipinski definition) is 4. The normalized spacial score (nSPS) is 10.6. The van der Waals surface area contributed by atoms with Gasteiger partial charge in [0.2, 0.25) is 0 Å². The number of rotatable bonds is 9. The first kappa shape index (κ1) is 19.3. The molecule has 0 bridgehead atoms. The summed E-state index contributed by atoms with van der Waals surface area (Å²) in [6.07, 6.45) is 1.71. The van der Waals surface area contributed by atoms with Crippen LogP contribution in [0, 0.1) is 6.92 Å². The smallest absolute Gasteiger partial charge is 0.261 e. The number of benzene rings is 1. The Labute approximate surface area is 154 Å². The zero-order valence-corrected chi connectivity index (χ0v) is 16.3. The SMILES string of the molecule is CCOc1ccc(CCNC(=O)c2cc(CC)c(C)s2)cc1OCC.